The van der Waals surface area contributed by atoms with E-state index in [1.807, 2.05) is 0 Å². The molecule has 5 nitrogen and oxygen atoms in total. The fourth-order valence-electron chi connectivity index (χ4n) is 0.697. The number of thiophene rings is 1. The van der Waals surface area contributed by atoms with Crippen molar-refractivity contribution in [2.45, 2.75) is 18.1 Å². The van der Waals surface area contributed by atoms with E-state index in [0.717, 1.165) is 11.3 Å². The van der Waals surface area contributed by atoms with Crippen LogP contribution in [0.2, 0.25) is 4.34 Å². The van der Waals surface area contributed by atoms with E-state index in [0.29, 0.717) is 4.34 Å². The van der Waals surface area contributed by atoms with Crippen molar-refractivity contribution in [1.82, 2.24) is 4.89 Å². The maximum Gasteiger partial charge on any atom is 0.328 e. The number of carbonyl (C=O) groups excluding carboxylic acids is 1. The Morgan fingerprint density at radius 1 is 1.50 bits per heavy atom. The Bertz CT molecular complexity index is 480. The quantitative estimate of drug-likeness (QED) is 0.855. The minimum absolute atomic E-state index is 0.00550. The zero-order valence-corrected chi connectivity index (χ0v) is 10.9. The number of hydrogen-bond acceptors (Lipinski definition) is 5. The van der Waals surface area contributed by atoms with Gasteiger partial charge >= 0.3 is 5.97 Å². The molecule has 0 bridgehead atoms. The summed E-state index contributed by atoms with van der Waals surface area (Å²) in [5.41, 5.74) is 0. The highest BCUT2D eigenvalue weighted by Crippen LogP contribution is 2.25. The highest BCUT2D eigenvalue weighted by atomic mass is 35.5. The molecule has 0 fully saturated rings. The second-order valence-corrected chi connectivity index (χ2v) is 6.81. The number of rotatable bonds is 4. The van der Waals surface area contributed by atoms with Gasteiger partial charge < -0.3 is 4.84 Å². The van der Waals surface area contributed by atoms with Crippen LogP contribution in [0.5, 0.6) is 0 Å². The molecule has 0 spiro atoms. The molecular weight excluding hydrogens is 274 g/mol. The van der Waals surface area contributed by atoms with Gasteiger partial charge in [-0.15, -0.1) is 11.3 Å². The Balaban J connectivity index is 2.70. The van der Waals surface area contributed by atoms with Crippen LogP contribution in [0.25, 0.3) is 0 Å². The average Bonchev–Trinajstić information content (AvgIpc) is 2.61. The van der Waals surface area contributed by atoms with E-state index in [2.05, 4.69) is 4.84 Å². The van der Waals surface area contributed by atoms with Crippen LogP contribution in [-0.4, -0.2) is 14.4 Å². The molecule has 90 valence electrons. The lowest BCUT2D eigenvalue weighted by molar-refractivity contribution is -0.150. The zero-order valence-electron chi connectivity index (χ0n) is 8.56. The smallest absolute Gasteiger partial charge is 0.328 e. The maximum absolute atomic E-state index is 11.5. The standard InChI is InChI=1S/C8H10ClNO4S2/c1-5(2)8(11)14-10-16(12,13)7-4-3-6(9)15-7/h3-5,10H,1-2H3. The fraction of sp³-hybridized carbons (Fsp3) is 0.375. The van der Waals surface area contributed by atoms with Gasteiger partial charge in [-0.1, -0.05) is 25.4 Å². The Morgan fingerprint density at radius 2 is 2.12 bits per heavy atom. The first kappa shape index (κ1) is 13.4. The first-order valence-electron chi connectivity index (χ1n) is 4.31. The predicted octanol–water partition coefficient (Wildman–Crippen LogP) is 1.79. The summed E-state index contributed by atoms with van der Waals surface area (Å²) in [5, 5.41) is 0. The van der Waals surface area contributed by atoms with Crippen molar-refractivity contribution in [2.24, 2.45) is 5.92 Å². The van der Waals surface area contributed by atoms with E-state index in [4.69, 9.17) is 11.6 Å². The van der Waals surface area contributed by atoms with Gasteiger partial charge in [0.15, 0.2) is 0 Å². The third-order valence-corrected chi connectivity index (χ3v) is 4.44. The van der Waals surface area contributed by atoms with Gasteiger partial charge in [-0.3, -0.25) is 4.79 Å². The minimum atomic E-state index is -3.83. The summed E-state index contributed by atoms with van der Waals surface area (Å²) < 4.78 is 23.4. The molecule has 1 heterocycles. The SMILES string of the molecule is CC(C)C(=O)ONS(=O)(=O)c1ccc(Cl)s1. The van der Waals surface area contributed by atoms with Crippen molar-refractivity contribution in [3.63, 3.8) is 0 Å². The van der Waals surface area contributed by atoms with Crippen LogP contribution < -0.4 is 4.89 Å². The third kappa shape index (κ3) is 3.44. The van der Waals surface area contributed by atoms with Crippen LogP contribution in [-0.2, 0) is 19.7 Å². The van der Waals surface area contributed by atoms with E-state index in [1.54, 1.807) is 18.7 Å². The molecule has 0 saturated heterocycles. The van der Waals surface area contributed by atoms with Crippen LogP contribution in [0.1, 0.15) is 13.8 Å². The molecule has 0 aliphatic carbocycles. The molecule has 1 rings (SSSR count). The van der Waals surface area contributed by atoms with Crippen molar-refractivity contribution in [1.29, 1.82) is 0 Å². The molecule has 0 aromatic carbocycles. The number of nitrogens with one attached hydrogen (secondary N) is 1. The predicted molar refractivity (Wildman–Crippen MR) is 60.6 cm³/mol. The largest absolute Gasteiger partial charge is 0.355 e. The lowest BCUT2D eigenvalue weighted by atomic mass is 10.2. The molecule has 0 aliphatic heterocycles. The molecule has 0 atom stereocenters. The molecule has 0 saturated carbocycles. The van der Waals surface area contributed by atoms with Gasteiger partial charge in [0.2, 0.25) is 0 Å². The number of carbonyl (C=O) groups is 1. The van der Waals surface area contributed by atoms with E-state index in [-0.39, 0.29) is 4.21 Å². The van der Waals surface area contributed by atoms with Gasteiger partial charge in [-0.05, 0) is 17.0 Å². The van der Waals surface area contributed by atoms with Crippen molar-refractivity contribution in [3.05, 3.63) is 16.5 Å². The Hall–Kier alpha value is -0.630. The lowest BCUT2D eigenvalue weighted by Crippen LogP contribution is -2.28. The second kappa shape index (κ2) is 5.13. The summed E-state index contributed by atoms with van der Waals surface area (Å²) in [6, 6.07) is 2.78. The molecule has 0 radical (unpaired) electrons. The van der Waals surface area contributed by atoms with Crippen molar-refractivity contribution in [3.8, 4) is 0 Å². The number of halogens is 1. The molecule has 1 aromatic heterocycles. The van der Waals surface area contributed by atoms with E-state index >= 15 is 0 Å². The third-order valence-electron chi connectivity index (χ3n) is 1.54. The van der Waals surface area contributed by atoms with Crippen LogP contribution in [0.3, 0.4) is 0 Å². The van der Waals surface area contributed by atoms with Gasteiger partial charge in [0.1, 0.15) is 4.21 Å². The molecule has 1 N–H and O–H groups in total. The summed E-state index contributed by atoms with van der Waals surface area (Å²) in [7, 11) is -3.83. The van der Waals surface area contributed by atoms with E-state index in [1.165, 1.54) is 12.1 Å². The summed E-state index contributed by atoms with van der Waals surface area (Å²) in [4.78, 5) is 17.2. The number of sulfonamides is 1. The molecule has 0 unspecified atom stereocenters. The monoisotopic (exact) mass is 283 g/mol. The second-order valence-electron chi connectivity index (χ2n) is 3.22. The summed E-state index contributed by atoms with van der Waals surface area (Å²) in [6.45, 7) is 3.19. The fourth-order valence-corrected chi connectivity index (χ4v) is 2.94. The maximum atomic E-state index is 11.5. The Labute approximate surface area is 102 Å². The van der Waals surface area contributed by atoms with Gasteiger partial charge in [0.25, 0.3) is 10.0 Å². The van der Waals surface area contributed by atoms with Gasteiger partial charge in [0, 0.05) is 0 Å². The van der Waals surface area contributed by atoms with Crippen LogP contribution in [0.4, 0.5) is 0 Å². The normalized spacial score (nSPS) is 11.8. The zero-order chi connectivity index (χ0) is 12.3. The molecule has 8 heteroatoms. The van der Waals surface area contributed by atoms with Crippen molar-refractivity contribution in [2.75, 3.05) is 0 Å². The lowest BCUT2D eigenvalue weighted by Gasteiger charge is -2.06. The highest BCUT2D eigenvalue weighted by Gasteiger charge is 2.19. The molecule has 0 aliphatic rings. The van der Waals surface area contributed by atoms with Gasteiger partial charge in [-0.25, -0.2) is 8.42 Å². The molecule has 16 heavy (non-hydrogen) atoms. The van der Waals surface area contributed by atoms with Crippen LogP contribution >= 0.6 is 22.9 Å². The van der Waals surface area contributed by atoms with Crippen molar-refractivity contribution >= 4 is 38.9 Å². The summed E-state index contributed by atoms with van der Waals surface area (Å²) in [5.74, 6) is -1.05. The Morgan fingerprint density at radius 3 is 2.56 bits per heavy atom. The molecule has 0 amide bonds. The van der Waals surface area contributed by atoms with E-state index < -0.39 is 21.9 Å². The minimum Gasteiger partial charge on any atom is -0.355 e. The highest BCUT2D eigenvalue weighted by molar-refractivity contribution is 7.91. The van der Waals surface area contributed by atoms with Crippen molar-refractivity contribution < 1.29 is 18.0 Å². The average molecular weight is 284 g/mol. The van der Waals surface area contributed by atoms with E-state index in [9.17, 15) is 13.2 Å². The van der Waals surface area contributed by atoms with Gasteiger partial charge in [-0.2, -0.15) is 0 Å². The first-order chi connectivity index (χ1) is 7.33. The van der Waals surface area contributed by atoms with Crippen LogP contribution in [0, 0.1) is 5.92 Å². The molecule has 1 aromatic rings. The Kier molecular flexibility index (Phi) is 4.31. The van der Waals surface area contributed by atoms with Crippen LogP contribution in [0.15, 0.2) is 16.3 Å². The summed E-state index contributed by atoms with van der Waals surface area (Å²) in [6.07, 6.45) is 0. The van der Waals surface area contributed by atoms with Gasteiger partial charge in [0.05, 0.1) is 10.3 Å². The number of hydrogen-bond donors (Lipinski definition) is 1. The first-order valence-corrected chi connectivity index (χ1v) is 6.98. The molecular formula is C8H10ClNO4S2. The topological polar surface area (TPSA) is 72.5 Å². The summed E-state index contributed by atoms with van der Waals surface area (Å²) >= 11 is 6.48.